The molecule has 2 aromatic carbocycles. The summed E-state index contributed by atoms with van der Waals surface area (Å²) >= 11 is 14.3. The lowest BCUT2D eigenvalue weighted by Crippen LogP contribution is -2.15. The Morgan fingerprint density at radius 1 is 1.00 bits per heavy atom. The minimum absolute atomic E-state index is 0.481. The van der Waals surface area contributed by atoms with Crippen LogP contribution in [0.2, 0.25) is 10.0 Å². The molecule has 146 valence electrons. The first-order valence-corrected chi connectivity index (χ1v) is 11.4. The van der Waals surface area contributed by atoms with Crippen LogP contribution >= 0.6 is 35.0 Å². The largest absolute Gasteiger partial charge is 0.255 e. The molecule has 0 amide bonds. The van der Waals surface area contributed by atoms with Crippen LogP contribution in [-0.2, 0) is 6.42 Å². The highest BCUT2D eigenvalue weighted by molar-refractivity contribution is 7.99. The molecular formula is C23H24Cl2N2S. The normalized spacial score (nSPS) is 15.1. The van der Waals surface area contributed by atoms with E-state index in [0.717, 1.165) is 17.0 Å². The van der Waals surface area contributed by atoms with Crippen molar-refractivity contribution in [1.82, 2.24) is 9.78 Å². The van der Waals surface area contributed by atoms with Crippen LogP contribution in [0.15, 0.2) is 58.5 Å². The molecule has 0 saturated heterocycles. The molecule has 0 atom stereocenters. The van der Waals surface area contributed by atoms with Crippen LogP contribution in [-0.4, -0.2) is 9.78 Å². The van der Waals surface area contributed by atoms with E-state index in [1.165, 1.54) is 48.3 Å². The average Bonchev–Trinajstić information content (AvgIpc) is 2.98. The maximum Gasteiger partial charge on any atom is 0.103 e. The summed E-state index contributed by atoms with van der Waals surface area (Å²) in [6, 6.07) is 16.8. The first-order valence-electron chi connectivity index (χ1n) is 9.86. The summed E-state index contributed by atoms with van der Waals surface area (Å²) in [5.74, 6) is 0. The van der Waals surface area contributed by atoms with Gasteiger partial charge in [-0.1, -0.05) is 84.6 Å². The van der Waals surface area contributed by atoms with Crippen LogP contribution in [0, 0.1) is 6.92 Å². The minimum Gasteiger partial charge on any atom is -0.255 e. The Labute approximate surface area is 181 Å². The highest BCUT2D eigenvalue weighted by Gasteiger charge is 2.24. The summed E-state index contributed by atoms with van der Waals surface area (Å²) in [5, 5.41) is 7.56. The summed E-state index contributed by atoms with van der Waals surface area (Å²) in [4.78, 5) is 1.06. The SMILES string of the molecule is Cc1nn(C2CCCCC2)c(Sc2cc(Cl)cc(Cl)c2)c1Cc1ccccc1. The fraction of sp³-hybridized carbons (Fsp3) is 0.348. The number of rotatable bonds is 5. The maximum atomic E-state index is 6.26. The van der Waals surface area contributed by atoms with Gasteiger partial charge in [0.15, 0.2) is 0 Å². The molecule has 0 radical (unpaired) electrons. The van der Waals surface area contributed by atoms with Gasteiger partial charge in [0.1, 0.15) is 5.03 Å². The number of benzene rings is 2. The van der Waals surface area contributed by atoms with E-state index in [2.05, 4.69) is 41.9 Å². The fourth-order valence-corrected chi connectivity index (χ4v) is 5.82. The lowest BCUT2D eigenvalue weighted by molar-refractivity contribution is 0.312. The smallest absolute Gasteiger partial charge is 0.103 e. The van der Waals surface area contributed by atoms with Crippen molar-refractivity contribution in [2.45, 2.75) is 61.4 Å². The number of halogens is 2. The quantitative estimate of drug-likeness (QED) is 0.411. The maximum absolute atomic E-state index is 6.26. The lowest BCUT2D eigenvalue weighted by atomic mass is 9.96. The summed E-state index contributed by atoms with van der Waals surface area (Å²) in [5.41, 5.74) is 3.72. The first-order chi connectivity index (χ1) is 13.6. The third kappa shape index (κ3) is 4.59. The van der Waals surface area contributed by atoms with Gasteiger partial charge < -0.3 is 0 Å². The number of hydrogen-bond donors (Lipinski definition) is 0. The molecule has 0 aliphatic heterocycles. The van der Waals surface area contributed by atoms with Crippen molar-refractivity contribution in [2.24, 2.45) is 0 Å². The topological polar surface area (TPSA) is 17.8 Å². The zero-order chi connectivity index (χ0) is 19.5. The molecular weight excluding hydrogens is 407 g/mol. The Bertz CT molecular complexity index is 926. The van der Waals surface area contributed by atoms with Gasteiger partial charge in [0, 0.05) is 26.9 Å². The molecule has 1 aromatic heterocycles. The van der Waals surface area contributed by atoms with Gasteiger partial charge in [-0.05, 0) is 43.5 Å². The predicted octanol–water partition coefficient (Wildman–Crippen LogP) is 7.75. The molecule has 5 heteroatoms. The standard InChI is InChI=1S/C23H24Cl2N2S/c1-16-22(12-17-8-4-2-5-9-17)23(27(26-16)20-10-6-3-7-11-20)28-21-14-18(24)13-19(25)15-21/h2,4-5,8-9,13-15,20H,3,6-7,10-12H2,1H3. The zero-order valence-corrected chi connectivity index (χ0v) is 18.3. The van der Waals surface area contributed by atoms with Gasteiger partial charge in [-0.15, -0.1) is 0 Å². The molecule has 1 fully saturated rings. The Hall–Kier alpha value is -1.42. The highest BCUT2D eigenvalue weighted by atomic mass is 35.5. The summed E-state index contributed by atoms with van der Waals surface area (Å²) in [7, 11) is 0. The van der Waals surface area contributed by atoms with E-state index in [0.29, 0.717) is 16.1 Å². The Morgan fingerprint density at radius 2 is 1.68 bits per heavy atom. The average molecular weight is 431 g/mol. The molecule has 28 heavy (non-hydrogen) atoms. The summed E-state index contributed by atoms with van der Waals surface area (Å²) in [6.45, 7) is 2.13. The Kier molecular flexibility index (Phi) is 6.35. The predicted molar refractivity (Wildman–Crippen MR) is 119 cm³/mol. The monoisotopic (exact) mass is 430 g/mol. The minimum atomic E-state index is 0.481. The van der Waals surface area contributed by atoms with Crippen LogP contribution in [0.5, 0.6) is 0 Å². The van der Waals surface area contributed by atoms with Gasteiger partial charge in [0.05, 0.1) is 11.7 Å². The van der Waals surface area contributed by atoms with E-state index in [1.54, 1.807) is 17.8 Å². The lowest BCUT2D eigenvalue weighted by Gasteiger charge is -2.24. The van der Waals surface area contributed by atoms with E-state index >= 15 is 0 Å². The molecule has 0 unspecified atom stereocenters. The summed E-state index contributed by atoms with van der Waals surface area (Å²) in [6.07, 6.45) is 7.19. The molecule has 4 rings (SSSR count). The van der Waals surface area contributed by atoms with Crippen molar-refractivity contribution in [3.8, 4) is 0 Å². The van der Waals surface area contributed by atoms with E-state index in [9.17, 15) is 0 Å². The zero-order valence-electron chi connectivity index (χ0n) is 16.0. The second-order valence-corrected chi connectivity index (χ2v) is 9.41. The highest BCUT2D eigenvalue weighted by Crippen LogP contribution is 2.40. The van der Waals surface area contributed by atoms with Gasteiger partial charge >= 0.3 is 0 Å². The van der Waals surface area contributed by atoms with E-state index < -0.39 is 0 Å². The van der Waals surface area contributed by atoms with Gasteiger partial charge in [-0.25, -0.2) is 0 Å². The van der Waals surface area contributed by atoms with Crippen molar-refractivity contribution in [2.75, 3.05) is 0 Å². The van der Waals surface area contributed by atoms with Crippen molar-refractivity contribution >= 4 is 35.0 Å². The first kappa shape index (κ1) is 19.9. The number of hydrogen-bond acceptors (Lipinski definition) is 2. The summed E-state index contributed by atoms with van der Waals surface area (Å²) < 4.78 is 2.28. The van der Waals surface area contributed by atoms with Crippen LogP contribution in [0.1, 0.15) is 55.0 Å². The van der Waals surface area contributed by atoms with Crippen LogP contribution < -0.4 is 0 Å². The van der Waals surface area contributed by atoms with Gasteiger partial charge in [0.2, 0.25) is 0 Å². The van der Waals surface area contributed by atoms with Crippen molar-refractivity contribution in [3.63, 3.8) is 0 Å². The van der Waals surface area contributed by atoms with E-state index in [-0.39, 0.29) is 0 Å². The van der Waals surface area contributed by atoms with Crippen LogP contribution in [0.4, 0.5) is 0 Å². The molecule has 0 spiro atoms. The van der Waals surface area contributed by atoms with Crippen molar-refractivity contribution in [3.05, 3.63) is 75.4 Å². The third-order valence-electron chi connectivity index (χ3n) is 5.36. The fourth-order valence-electron chi connectivity index (χ4n) is 3.94. The second kappa shape index (κ2) is 8.94. The van der Waals surface area contributed by atoms with Crippen molar-refractivity contribution < 1.29 is 0 Å². The number of aryl methyl sites for hydroxylation is 1. The molecule has 0 N–H and O–H groups in total. The van der Waals surface area contributed by atoms with Gasteiger partial charge in [-0.3, -0.25) is 4.68 Å². The van der Waals surface area contributed by atoms with Gasteiger partial charge in [-0.2, -0.15) is 5.10 Å². The van der Waals surface area contributed by atoms with E-state index in [4.69, 9.17) is 28.3 Å². The number of aromatic nitrogens is 2. The molecule has 3 aromatic rings. The molecule has 2 nitrogen and oxygen atoms in total. The van der Waals surface area contributed by atoms with Crippen LogP contribution in [0.3, 0.4) is 0 Å². The Morgan fingerprint density at radius 3 is 2.36 bits per heavy atom. The van der Waals surface area contributed by atoms with Gasteiger partial charge in [0.25, 0.3) is 0 Å². The van der Waals surface area contributed by atoms with E-state index in [1.807, 2.05) is 12.1 Å². The molecule has 1 aliphatic rings. The molecule has 1 aliphatic carbocycles. The molecule has 1 heterocycles. The Balaban J connectivity index is 1.75. The van der Waals surface area contributed by atoms with Crippen molar-refractivity contribution in [1.29, 1.82) is 0 Å². The number of nitrogens with zero attached hydrogens (tertiary/aromatic N) is 2. The molecule has 0 bridgehead atoms. The molecule has 1 saturated carbocycles. The van der Waals surface area contributed by atoms with Crippen LogP contribution in [0.25, 0.3) is 0 Å². The third-order valence-corrected chi connectivity index (χ3v) is 6.89. The second-order valence-electron chi connectivity index (χ2n) is 7.48.